The highest BCUT2D eigenvalue weighted by molar-refractivity contribution is 6.03. The summed E-state index contributed by atoms with van der Waals surface area (Å²) in [5.74, 6) is 0.832. The summed E-state index contributed by atoms with van der Waals surface area (Å²) in [7, 11) is 1.63. The normalized spacial score (nSPS) is 18.7. The second-order valence-corrected chi connectivity index (χ2v) is 5.05. The molecule has 1 heterocycles. The predicted octanol–water partition coefficient (Wildman–Crippen LogP) is 2.89. The van der Waals surface area contributed by atoms with Gasteiger partial charge in [0.15, 0.2) is 0 Å². The van der Waals surface area contributed by atoms with E-state index in [1.807, 2.05) is 24.3 Å². The van der Waals surface area contributed by atoms with Crippen LogP contribution in [0.25, 0.3) is 4.95 Å². The molecule has 1 unspecified atom stereocenters. The third-order valence-electron chi connectivity index (χ3n) is 3.36. The monoisotopic (exact) mass is 281 g/mol. The number of hydrogen-bond acceptors (Lipinski definition) is 2. The smallest absolute Gasteiger partial charge is 0.266 e. The molecule has 5 nitrogen and oxygen atoms in total. The standard InChI is InChI=1S/C16H19N5/c1-11-9-12(2)15(19-10-11)13-5-7-14(8-6-13)20-16(17-3)21-18-4/h5-8,12H,1,9-10H2,2-3H3,(H2,17,20,21). The Hall–Kier alpha value is -2.61. The zero-order valence-corrected chi connectivity index (χ0v) is 12.3. The molecular formula is C16H19N5. The summed E-state index contributed by atoms with van der Waals surface area (Å²) in [5, 5.41) is 3.05. The highest BCUT2D eigenvalue weighted by Crippen LogP contribution is 2.23. The van der Waals surface area contributed by atoms with Crippen LogP contribution < -0.4 is 10.7 Å². The number of anilines is 1. The predicted molar refractivity (Wildman–Crippen MR) is 87.5 cm³/mol. The molecule has 0 bridgehead atoms. The Kier molecular flexibility index (Phi) is 4.72. The third kappa shape index (κ3) is 3.69. The lowest BCUT2D eigenvalue weighted by atomic mass is 9.90. The van der Waals surface area contributed by atoms with Gasteiger partial charge in [-0.25, -0.2) is 0 Å². The van der Waals surface area contributed by atoms with Gasteiger partial charge in [0, 0.05) is 24.4 Å². The van der Waals surface area contributed by atoms with E-state index in [0.717, 1.165) is 29.9 Å². The van der Waals surface area contributed by atoms with Crippen LogP contribution in [0.5, 0.6) is 0 Å². The zero-order chi connectivity index (χ0) is 15.2. The van der Waals surface area contributed by atoms with Crippen LogP contribution in [0, 0.1) is 12.5 Å². The molecule has 108 valence electrons. The van der Waals surface area contributed by atoms with Crippen molar-refractivity contribution in [1.82, 2.24) is 5.43 Å². The van der Waals surface area contributed by atoms with Crippen molar-refractivity contribution < 1.29 is 0 Å². The fourth-order valence-corrected chi connectivity index (χ4v) is 2.37. The Morgan fingerprint density at radius 2 is 2.14 bits per heavy atom. The Bertz CT molecular complexity index is 619. The van der Waals surface area contributed by atoms with Gasteiger partial charge in [-0.05, 0) is 24.1 Å². The first-order valence-corrected chi connectivity index (χ1v) is 6.81. The quantitative estimate of drug-likeness (QED) is 0.288. The van der Waals surface area contributed by atoms with Gasteiger partial charge in [0.1, 0.15) is 0 Å². The van der Waals surface area contributed by atoms with Crippen molar-refractivity contribution in [2.24, 2.45) is 15.9 Å². The van der Waals surface area contributed by atoms with Gasteiger partial charge in [0.25, 0.3) is 5.96 Å². The molecule has 5 heteroatoms. The number of hydrogen-bond donors (Lipinski definition) is 2. The van der Waals surface area contributed by atoms with Crippen molar-refractivity contribution >= 4 is 17.4 Å². The van der Waals surface area contributed by atoms with Crippen LogP contribution >= 0.6 is 0 Å². The summed E-state index contributed by atoms with van der Waals surface area (Å²) in [6, 6.07) is 8.00. The number of aliphatic imine (C=N–C) groups is 2. The first-order valence-electron chi connectivity index (χ1n) is 6.81. The van der Waals surface area contributed by atoms with Crippen LogP contribution in [0.3, 0.4) is 0 Å². The molecule has 0 radical (unpaired) electrons. The minimum atomic E-state index is 0.404. The molecule has 0 spiro atoms. The van der Waals surface area contributed by atoms with Crippen LogP contribution in [-0.4, -0.2) is 25.3 Å². The van der Waals surface area contributed by atoms with Gasteiger partial charge in [-0.2, -0.15) is 11.5 Å². The van der Waals surface area contributed by atoms with Gasteiger partial charge in [-0.3, -0.25) is 9.98 Å². The molecule has 1 atom stereocenters. The van der Waals surface area contributed by atoms with E-state index in [-0.39, 0.29) is 0 Å². The maximum absolute atomic E-state index is 6.78. The van der Waals surface area contributed by atoms with E-state index in [1.54, 1.807) is 7.05 Å². The van der Waals surface area contributed by atoms with Crippen LogP contribution in [0.15, 0.2) is 46.4 Å². The molecule has 0 saturated carbocycles. The van der Waals surface area contributed by atoms with Crippen molar-refractivity contribution in [3.8, 4) is 0 Å². The van der Waals surface area contributed by atoms with Crippen molar-refractivity contribution in [3.05, 3.63) is 53.5 Å². The first-order chi connectivity index (χ1) is 10.1. The van der Waals surface area contributed by atoms with Gasteiger partial charge in [0.2, 0.25) is 0 Å². The van der Waals surface area contributed by atoms with Crippen LogP contribution in [0.4, 0.5) is 5.69 Å². The highest BCUT2D eigenvalue weighted by Gasteiger charge is 2.18. The molecule has 0 aliphatic carbocycles. The molecule has 1 aromatic rings. The van der Waals surface area contributed by atoms with Gasteiger partial charge in [-0.15, -0.1) is 0 Å². The SMILES string of the molecule is [C-]#[N+]NC(=NC)Nc1ccc(C2=NCC(=C)CC2C)cc1. The summed E-state index contributed by atoms with van der Waals surface area (Å²) in [5.41, 5.74) is 6.81. The lowest BCUT2D eigenvalue weighted by molar-refractivity contribution is 0.717. The van der Waals surface area contributed by atoms with Gasteiger partial charge in [0.05, 0.1) is 6.54 Å². The van der Waals surface area contributed by atoms with Crippen LogP contribution in [0.2, 0.25) is 0 Å². The van der Waals surface area contributed by atoms with E-state index in [2.05, 4.69) is 39.2 Å². The van der Waals surface area contributed by atoms with E-state index in [1.165, 1.54) is 5.57 Å². The summed E-state index contributed by atoms with van der Waals surface area (Å²) in [6.07, 6.45) is 1.00. The lowest BCUT2D eigenvalue weighted by Gasteiger charge is -2.21. The Morgan fingerprint density at radius 1 is 1.43 bits per heavy atom. The number of rotatable bonds is 2. The molecule has 2 rings (SSSR count). The molecule has 21 heavy (non-hydrogen) atoms. The first kappa shape index (κ1) is 14.8. The average Bonchev–Trinajstić information content (AvgIpc) is 2.48. The zero-order valence-electron chi connectivity index (χ0n) is 12.3. The van der Waals surface area contributed by atoms with Gasteiger partial charge < -0.3 is 5.32 Å². The van der Waals surface area contributed by atoms with Crippen molar-refractivity contribution in [2.75, 3.05) is 18.9 Å². The largest absolute Gasteiger partial charge is 0.321 e. The number of benzene rings is 1. The maximum atomic E-state index is 6.78. The van der Waals surface area contributed by atoms with Crippen molar-refractivity contribution in [3.63, 3.8) is 0 Å². The highest BCUT2D eigenvalue weighted by atomic mass is 15.4. The van der Waals surface area contributed by atoms with E-state index >= 15 is 0 Å². The van der Waals surface area contributed by atoms with Gasteiger partial charge in [-0.1, -0.05) is 36.6 Å². The molecule has 0 saturated heterocycles. The summed E-state index contributed by atoms with van der Waals surface area (Å²) in [4.78, 5) is 11.7. The fraction of sp³-hybridized carbons (Fsp3) is 0.312. The molecule has 2 N–H and O–H groups in total. The molecule has 1 aliphatic heterocycles. The lowest BCUT2D eigenvalue weighted by Crippen LogP contribution is -2.25. The summed E-state index contributed by atoms with van der Waals surface area (Å²) < 4.78 is 0. The summed E-state index contributed by atoms with van der Waals surface area (Å²) in [6.45, 7) is 13.7. The third-order valence-corrected chi connectivity index (χ3v) is 3.36. The van der Waals surface area contributed by atoms with Crippen molar-refractivity contribution in [1.29, 1.82) is 0 Å². The Balaban J connectivity index is 2.13. The van der Waals surface area contributed by atoms with Gasteiger partial charge >= 0.3 is 0 Å². The molecule has 1 aromatic carbocycles. The number of guanidine groups is 1. The van der Waals surface area contributed by atoms with Crippen LogP contribution in [-0.2, 0) is 0 Å². The van der Waals surface area contributed by atoms with E-state index in [0.29, 0.717) is 11.9 Å². The fourth-order valence-electron chi connectivity index (χ4n) is 2.37. The molecule has 0 amide bonds. The maximum Gasteiger partial charge on any atom is 0.266 e. The van der Waals surface area contributed by atoms with E-state index < -0.39 is 0 Å². The second-order valence-electron chi connectivity index (χ2n) is 5.05. The molecular weight excluding hydrogens is 262 g/mol. The molecule has 0 fully saturated rings. The minimum absolute atomic E-state index is 0.404. The summed E-state index contributed by atoms with van der Waals surface area (Å²) >= 11 is 0. The second kappa shape index (κ2) is 6.71. The number of nitrogens with one attached hydrogen (secondary N) is 2. The minimum Gasteiger partial charge on any atom is -0.321 e. The van der Waals surface area contributed by atoms with Crippen molar-refractivity contribution in [2.45, 2.75) is 13.3 Å². The molecule has 1 aliphatic rings. The average molecular weight is 281 g/mol. The van der Waals surface area contributed by atoms with E-state index in [9.17, 15) is 0 Å². The number of nitrogens with zero attached hydrogens (tertiary/aromatic N) is 3. The van der Waals surface area contributed by atoms with Crippen LogP contribution in [0.1, 0.15) is 18.9 Å². The topological polar surface area (TPSA) is 53.1 Å². The Labute approximate surface area is 125 Å². The Morgan fingerprint density at radius 3 is 2.71 bits per heavy atom. The molecule has 0 aromatic heterocycles. The van der Waals surface area contributed by atoms with E-state index in [4.69, 9.17) is 6.57 Å².